The average Bonchev–Trinajstić information content (AvgIpc) is 3.13. The third kappa shape index (κ3) is 2.51. The van der Waals surface area contributed by atoms with Crippen LogP contribution >= 0.6 is 22.9 Å². The van der Waals surface area contributed by atoms with Crippen LogP contribution in [0.2, 0.25) is 4.34 Å². The summed E-state index contributed by atoms with van der Waals surface area (Å²) in [5, 5.41) is 22.4. The molecule has 2 aliphatic rings. The number of carbonyl (C=O) groups is 3. The molecule has 25 heavy (non-hydrogen) atoms. The van der Waals surface area contributed by atoms with Crippen molar-refractivity contribution in [1.82, 2.24) is 10.2 Å². The third-order valence-electron chi connectivity index (χ3n) is 4.86. The lowest BCUT2D eigenvalue weighted by atomic mass is 9.80. The summed E-state index contributed by atoms with van der Waals surface area (Å²) in [4.78, 5) is 39.7. The van der Waals surface area contributed by atoms with Gasteiger partial charge in [-0.3, -0.25) is 24.6 Å². The molecule has 3 heterocycles. The van der Waals surface area contributed by atoms with Gasteiger partial charge in [0.05, 0.1) is 28.8 Å². The van der Waals surface area contributed by atoms with E-state index >= 15 is 0 Å². The molecule has 4 atom stereocenters. The van der Waals surface area contributed by atoms with E-state index in [1.54, 1.807) is 32.9 Å². The summed E-state index contributed by atoms with van der Waals surface area (Å²) in [6, 6.07) is 2.66. The standard InChI is InChI=1S/C16H19ClN2O5S/c1-15(2,3)19-12(21)9-10(13(19)22)16(6-20,14(23)24)18-11(9)7-4-5-8(17)25-7/h4-5,9-11,18,20H,6H2,1-3H3,(H,23,24). The molecule has 2 aliphatic heterocycles. The first-order valence-electron chi connectivity index (χ1n) is 7.79. The Morgan fingerprint density at radius 3 is 2.44 bits per heavy atom. The fraction of sp³-hybridized carbons (Fsp3) is 0.562. The molecule has 7 nitrogen and oxygen atoms in total. The van der Waals surface area contributed by atoms with Crippen LogP contribution in [0.4, 0.5) is 0 Å². The minimum absolute atomic E-state index is 0.430. The van der Waals surface area contributed by atoms with E-state index in [-0.39, 0.29) is 0 Å². The molecule has 2 amide bonds. The topological polar surface area (TPSA) is 107 Å². The molecule has 3 N–H and O–H groups in total. The number of rotatable bonds is 3. The Kier molecular flexibility index (Phi) is 4.23. The number of imide groups is 1. The monoisotopic (exact) mass is 386 g/mol. The molecule has 9 heteroatoms. The number of carboxylic acid groups (broad SMARTS) is 1. The summed E-state index contributed by atoms with van der Waals surface area (Å²) in [5.74, 6) is -4.43. The quantitative estimate of drug-likeness (QED) is 0.675. The van der Waals surface area contributed by atoms with Crippen molar-refractivity contribution >= 4 is 40.7 Å². The first-order chi connectivity index (χ1) is 11.5. The number of thiophene rings is 1. The molecule has 0 bridgehead atoms. The van der Waals surface area contributed by atoms with Crippen LogP contribution in [0.15, 0.2) is 12.1 Å². The number of carbonyl (C=O) groups excluding carboxylic acids is 2. The van der Waals surface area contributed by atoms with Gasteiger partial charge in [0.15, 0.2) is 5.54 Å². The van der Waals surface area contributed by atoms with Gasteiger partial charge in [-0.15, -0.1) is 11.3 Å². The molecule has 136 valence electrons. The highest BCUT2D eigenvalue weighted by Crippen LogP contribution is 2.51. The molecule has 2 saturated heterocycles. The van der Waals surface area contributed by atoms with E-state index in [2.05, 4.69) is 5.32 Å². The highest BCUT2D eigenvalue weighted by Gasteiger charge is 2.69. The van der Waals surface area contributed by atoms with E-state index in [0.717, 1.165) is 4.90 Å². The van der Waals surface area contributed by atoms with Crippen molar-refractivity contribution < 1.29 is 24.6 Å². The van der Waals surface area contributed by atoms with Crippen molar-refractivity contribution in [3.63, 3.8) is 0 Å². The predicted molar refractivity (Wildman–Crippen MR) is 91.2 cm³/mol. The lowest BCUT2D eigenvalue weighted by molar-refractivity contribution is -0.155. The molecular formula is C16H19ClN2O5S. The molecule has 0 saturated carbocycles. The Balaban J connectivity index is 2.16. The summed E-state index contributed by atoms with van der Waals surface area (Å²) in [5.41, 5.74) is -2.69. The van der Waals surface area contributed by atoms with E-state index < -0.39 is 53.3 Å². The smallest absolute Gasteiger partial charge is 0.327 e. The first-order valence-corrected chi connectivity index (χ1v) is 8.99. The van der Waals surface area contributed by atoms with Crippen LogP contribution in [-0.2, 0) is 14.4 Å². The van der Waals surface area contributed by atoms with Gasteiger partial charge in [0.2, 0.25) is 11.8 Å². The summed E-state index contributed by atoms with van der Waals surface area (Å²) in [6.07, 6.45) is 0. The lowest BCUT2D eigenvalue weighted by Gasteiger charge is -2.34. The van der Waals surface area contributed by atoms with Gasteiger partial charge in [0, 0.05) is 10.4 Å². The summed E-state index contributed by atoms with van der Waals surface area (Å²) >= 11 is 7.19. The fourth-order valence-corrected chi connectivity index (χ4v) is 4.97. The van der Waals surface area contributed by atoms with Crippen molar-refractivity contribution in [2.75, 3.05) is 6.61 Å². The van der Waals surface area contributed by atoms with Gasteiger partial charge < -0.3 is 10.2 Å². The van der Waals surface area contributed by atoms with E-state index in [9.17, 15) is 24.6 Å². The number of aliphatic hydroxyl groups is 1. The maximum atomic E-state index is 13.0. The zero-order chi connectivity index (χ0) is 18.7. The highest BCUT2D eigenvalue weighted by molar-refractivity contribution is 7.16. The molecular weight excluding hydrogens is 368 g/mol. The van der Waals surface area contributed by atoms with Crippen LogP contribution in [0.3, 0.4) is 0 Å². The largest absolute Gasteiger partial charge is 0.480 e. The van der Waals surface area contributed by atoms with Crippen LogP contribution in [-0.4, -0.2) is 50.6 Å². The Morgan fingerprint density at radius 2 is 2.00 bits per heavy atom. The maximum Gasteiger partial charge on any atom is 0.327 e. The number of aliphatic hydroxyl groups excluding tert-OH is 1. The molecule has 1 aromatic heterocycles. The zero-order valence-corrected chi connectivity index (χ0v) is 15.5. The van der Waals surface area contributed by atoms with Gasteiger partial charge in [0.25, 0.3) is 0 Å². The van der Waals surface area contributed by atoms with E-state index in [4.69, 9.17) is 11.6 Å². The molecule has 1 aromatic rings. The van der Waals surface area contributed by atoms with Crippen molar-refractivity contribution in [2.45, 2.75) is 37.9 Å². The Labute approximate surface area is 153 Å². The minimum Gasteiger partial charge on any atom is -0.480 e. The molecule has 4 unspecified atom stereocenters. The van der Waals surface area contributed by atoms with Crippen molar-refractivity contribution in [2.24, 2.45) is 11.8 Å². The van der Waals surface area contributed by atoms with Crippen LogP contribution < -0.4 is 5.32 Å². The number of hydrogen-bond acceptors (Lipinski definition) is 6. The van der Waals surface area contributed by atoms with Gasteiger partial charge in [-0.1, -0.05) is 11.6 Å². The number of aliphatic carboxylic acids is 1. The highest BCUT2D eigenvalue weighted by atomic mass is 35.5. The first kappa shape index (κ1) is 18.3. The molecule has 0 radical (unpaired) electrons. The van der Waals surface area contributed by atoms with Gasteiger partial charge in [-0.2, -0.15) is 0 Å². The zero-order valence-electron chi connectivity index (χ0n) is 13.9. The summed E-state index contributed by atoms with van der Waals surface area (Å²) in [6.45, 7) is 4.36. The Morgan fingerprint density at radius 1 is 1.36 bits per heavy atom. The summed E-state index contributed by atoms with van der Waals surface area (Å²) in [7, 11) is 0. The van der Waals surface area contributed by atoms with Crippen molar-refractivity contribution in [3.05, 3.63) is 21.3 Å². The number of nitrogens with one attached hydrogen (secondary N) is 1. The second-order valence-corrected chi connectivity index (χ2v) is 9.13. The van der Waals surface area contributed by atoms with Gasteiger partial charge >= 0.3 is 5.97 Å². The number of hydrogen-bond donors (Lipinski definition) is 3. The maximum absolute atomic E-state index is 13.0. The van der Waals surface area contributed by atoms with Crippen molar-refractivity contribution in [3.8, 4) is 0 Å². The van der Waals surface area contributed by atoms with Crippen LogP contribution in [0.5, 0.6) is 0 Å². The van der Waals surface area contributed by atoms with E-state index in [0.29, 0.717) is 9.21 Å². The van der Waals surface area contributed by atoms with Crippen LogP contribution in [0.1, 0.15) is 31.7 Å². The second kappa shape index (κ2) is 5.77. The normalized spacial score (nSPS) is 32.4. The third-order valence-corrected chi connectivity index (χ3v) is 6.17. The molecule has 0 aromatic carbocycles. The number of halogens is 1. The van der Waals surface area contributed by atoms with Crippen molar-refractivity contribution in [1.29, 1.82) is 0 Å². The van der Waals surface area contributed by atoms with E-state index in [1.165, 1.54) is 11.3 Å². The molecule has 0 aliphatic carbocycles. The number of likely N-dealkylation sites (tertiary alicyclic amines) is 1. The van der Waals surface area contributed by atoms with Gasteiger partial charge in [-0.05, 0) is 32.9 Å². The Hall–Kier alpha value is -1.48. The number of fused-ring (bicyclic) bond motifs is 1. The number of carboxylic acids is 1. The molecule has 3 rings (SSSR count). The molecule has 0 spiro atoms. The lowest BCUT2D eigenvalue weighted by Crippen LogP contribution is -2.59. The van der Waals surface area contributed by atoms with Gasteiger partial charge in [-0.25, -0.2) is 0 Å². The van der Waals surface area contributed by atoms with E-state index in [1.807, 2.05) is 0 Å². The predicted octanol–water partition coefficient (Wildman–Crippen LogP) is 1.26. The second-order valence-electron chi connectivity index (χ2n) is 7.38. The fourth-order valence-electron chi connectivity index (χ4n) is 3.81. The van der Waals surface area contributed by atoms with Crippen LogP contribution in [0.25, 0.3) is 0 Å². The SMILES string of the molecule is CC(C)(C)N1C(=O)C2C(c3ccc(Cl)s3)NC(CO)(C(=O)O)C2C1=O. The Bertz CT molecular complexity index is 758. The molecule has 2 fully saturated rings. The average molecular weight is 387 g/mol. The number of amides is 2. The number of nitrogens with zero attached hydrogens (tertiary/aromatic N) is 1. The minimum atomic E-state index is -1.90. The van der Waals surface area contributed by atoms with Gasteiger partial charge in [0.1, 0.15) is 0 Å². The van der Waals surface area contributed by atoms with Crippen LogP contribution in [0, 0.1) is 11.8 Å². The summed E-state index contributed by atoms with van der Waals surface area (Å²) < 4.78 is 0.495.